The molecule has 2 aromatic heterocycles. The molecule has 4 N–H and O–H groups in total. The van der Waals surface area contributed by atoms with E-state index in [4.69, 9.17) is 10.5 Å². The third kappa shape index (κ3) is 4.73. The number of aromatic nitrogens is 2. The second-order valence-corrected chi connectivity index (χ2v) is 8.05. The van der Waals surface area contributed by atoms with Crippen molar-refractivity contribution in [2.24, 2.45) is 0 Å². The van der Waals surface area contributed by atoms with Crippen LogP contribution in [0.1, 0.15) is 48.3 Å². The van der Waals surface area contributed by atoms with Gasteiger partial charge in [0.1, 0.15) is 17.3 Å². The van der Waals surface area contributed by atoms with E-state index in [1.807, 2.05) is 6.92 Å². The van der Waals surface area contributed by atoms with E-state index in [1.165, 1.54) is 12.4 Å². The van der Waals surface area contributed by atoms with Crippen LogP contribution in [0.4, 0.5) is 24.5 Å². The molecule has 34 heavy (non-hydrogen) atoms. The minimum atomic E-state index is -1.07. The number of hydrogen-bond donors (Lipinski definition) is 3. The molecule has 2 unspecified atom stereocenters. The second-order valence-electron chi connectivity index (χ2n) is 8.05. The smallest absolute Gasteiger partial charge is 0.276 e. The van der Waals surface area contributed by atoms with E-state index in [2.05, 4.69) is 15.3 Å². The lowest BCUT2D eigenvalue weighted by Crippen LogP contribution is -2.31. The van der Waals surface area contributed by atoms with Gasteiger partial charge in [-0.25, -0.2) is 18.2 Å². The number of hydrogen-bond acceptors (Lipinski definition) is 6. The SMILES string of the molecule is CC[C@@H]1CC(O)CC(c2ccncc2NC(=O)c2nc(-c3c(F)cccc3F)c(F)cc2N)O1. The van der Waals surface area contributed by atoms with E-state index in [1.54, 1.807) is 6.07 Å². The van der Waals surface area contributed by atoms with Crippen LogP contribution in [0, 0.1) is 17.5 Å². The first-order chi connectivity index (χ1) is 16.3. The molecule has 4 rings (SSSR count). The second kappa shape index (κ2) is 9.78. The van der Waals surface area contributed by atoms with Gasteiger partial charge in [-0.1, -0.05) is 13.0 Å². The number of nitrogen functional groups attached to an aromatic ring is 1. The van der Waals surface area contributed by atoms with E-state index < -0.39 is 52.5 Å². The Kier molecular flexibility index (Phi) is 6.80. The lowest BCUT2D eigenvalue weighted by Gasteiger charge is -2.33. The maximum atomic E-state index is 14.5. The maximum Gasteiger partial charge on any atom is 0.276 e. The molecule has 0 spiro atoms. The van der Waals surface area contributed by atoms with Gasteiger partial charge < -0.3 is 20.9 Å². The molecule has 0 aliphatic carbocycles. The van der Waals surface area contributed by atoms with Gasteiger partial charge in [0.2, 0.25) is 0 Å². The highest BCUT2D eigenvalue weighted by molar-refractivity contribution is 6.06. The zero-order valence-electron chi connectivity index (χ0n) is 18.3. The number of halogens is 3. The monoisotopic (exact) mass is 472 g/mol. The van der Waals surface area contributed by atoms with Crippen molar-refractivity contribution >= 4 is 17.3 Å². The van der Waals surface area contributed by atoms with E-state index >= 15 is 0 Å². The van der Waals surface area contributed by atoms with Crippen LogP contribution in [0.2, 0.25) is 0 Å². The Morgan fingerprint density at radius 3 is 2.65 bits per heavy atom. The number of aliphatic hydroxyl groups excluding tert-OH is 1. The van der Waals surface area contributed by atoms with E-state index in [0.717, 1.165) is 24.3 Å². The van der Waals surface area contributed by atoms with Crippen molar-refractivity contribution in [2.45, 2.75) is 44.5 Å². The molecule has 1 saturated heterocycles. The van der Waals surface area contributed by atoms with Crippen LogP contribution in [0.25, 0.3) is 11.3 Å². The largest absolute Gasteiger partial charge is 0.397 e. The first kappa shape index (κ1) is 23.7. The van der Waals surface area contributed by atoms with Crippen molar-refractivity contribution in [1.29, 1.82) is 0 Å². The van der Waals surface area contributed by atoms with Crippen LogP contribution in [0.5, 0.6) is 0 Å². The zero-order chi connectivity index (χ0) is 24.4. The van der Waals surface area contributed by atoms with Crippen LogP contribution in [0.3, 0.4) is 0 Å². The van der Waals surface area contributed by atoms with Crippen LogP contribution >= 0.6 is 0 Å². The minimum absolute atomic E-state index is 0.141. The van der Waals surface area contributed by atoms with Crippen LogP contribution in [0.15, 0.2) is 42.7 Å². The number of carbonyl (C=O) groups is 1. The van der Waals surface area contributed by atoms with Gasteiger partial charge in [-0.15, -0.1) is 0 Å². The Morgan fingerprint density at radius 2 is 1.94 bits per heavy atom. The summed E-state index contributed by atoms with van der Waals surface area (Å²) in [4.78, 5) is 20.9. The number of aliphatic hydroxyl groups is 1. The number of nitrogens with two attached hydrogens (primary N) is 1. The number of rotatable bonds is 5. The normalized spacial score (nSPS) is 20.2. The highest BCUT2D eigenvalue weighted by Crippen LogP contribution is 2.36. The summed E-state index contributed by atoms with van der Waals surface area (Å²) >= 11 is 0. The van der Waals surface area contributed by atoms with Gasteiger partial charge >= 0.3 is 0 Å². The standard InChI is InChI=1S/C24H23F3N4O3/c1-2-13-8-12(32)9-20(34-13)14-6-7-29-11-19(14)30-24(33)23-18(28)10-17(27)22(31-23)21-15(25)4-3-5-16(21)26/h3-7,10-13,20,32H,2,8-9,28H2,1H3,(H,30,33)/t12?,13-,20?/m1/s1. The topological polar surface area (TPSA) is 110 Å². The van der Waals surface area contributed by atoms with Gasteiger partial charge in [0.25, 0.3) is 5.91 Å². The predicted molar refractivity (Wildman–Crippen MR) is 119 cm³/mol. The molecule has 1 aromatic carbocycles. The molecule has 3 atom stereocenters. The fourth-order valence-electron chi connectivity index (χ4n) is 4.01. The lowest BCUT2D eigenvalue weighted by atomic mass is 9.95. The molecule has 1 aliphatic rings. The number of anilines is 2. The number of carbonyl (C=O) groups excluding carboxylic acids is 1. The number of nitrogens with one attached hydrogen (secondary N) is 1. The molecule has 0 saturated carbocycles. The fraction of sp³-hybridized carbons (Fsp3) is 0.292. The number of ether oxygens (including phenoxy) is 1. The average Bonchev–Trinajstić information content (AvgIpc) is 2.80. The van der Waals surface area contributed by atoms with Crippen molar-refractivity contribution < 1.29 is 27.8 Å². The molecule has 1 amide bonds. The third-order valence-corrected chi connectivity index (χ3v) is 5.70. The summed E-state index contributed by atoms with van der Waals surface area (Å²) in [7, 11) is 0. The summed E-state index contributed by atoms with van der Waals surface area (Å²) < 4.78 is 49.0. The summed E-state index contributed by atoms with van der Waals surface area (Å²) in [6.07, 6.45) is 3.29. The Bertz CT molecular complexity index is 1200. The van der Waals surface area contributed by atoms with Crippen molar-refractivity contribution in [3.63, 3.8) is 0 Å². The summed E-state index contributed by atoms with van der Waals surface area (Å²) in [5.74, 6) is -3.96. The van der Waals surface area contributed by atoms with Crippen molar-refractivity contribution in [2.75, 3.05) is 11.1 Å². The predicted octanol–water partition coefficient (Wildman–Crippen LogP) is 4.39. The molecule has 0 bridgehead atoms. The Morgan fingerprint density at radius 1 is 1.21 bits per heavy atom. The van der Waals surface area contributed by atoms with Crippen molar-refractivity contribution in [3.05, 3.63) is 71.4 Å². The minimum Gasteiger partial charge on any atom is -0.397 e. The van der Waals surface area contributed by atoms with Crippen molar-refractivity contribution in [1.82, 2.24) is 9.97 Å². The summed E-state index contributed by atoms with van der Waals surface area (Å²) in [5.41, 5.74) is 4.58. The maximum absolute atomic E-state index is 14.5. The Labute approximate surface area is 193 Å². The zero-order valence-corrected chi connectivity index (χ0v) is 18.3. The lowest BCUT2D eigenvalue weighted by molar-refractivity contribution is -0.0980. The molecular weight excluding hydrogens is 449 g/mol. The van der Waals surface area contributed by atoms with Gasteiger partial charge in [0, 0.05) is 24.2 Å². The van der Waals surface area contributed by atoms with Gasteiger partial charge in [0.05, 0.1) is 41.4 Å². The molecule has 7 nitrogen and oxygen atoms in total. The van der Waals surface area contributed by atoms with Crippen molar-refractivity contribution in [3.8, 4) is 11.3 Å². The molecule has 10 heteroatoms. The number of amides is 1. The van der Waals surface area contributed by atoms with Gasteiger partial charge in [-0.05, 0) is 31.0 Å². The van der Waals surface area contributed by atoms with E-state index in [-0.39, 0.29) is 17.5 Å². The quantitative estimate of drug-likeness (QED) is 0.508. The molecule has 3 aromatic rings. The summed E-state index contributed by atoms with van der Waals surface area (Å²) in [5, 5.41) is 12.9. The van der Waals surface area contributed by atoms with Gasteiger partial charge in [-0.2, -0.15) is 0 Å². The first-order valence-electron chi connectivity index (χ1n) is 10.8. The van der Waals surface area contributed by atoms with Gasteiger partial charge in [0.15, 0.2) is 11.5 Å². The van der Waals surface area contributed by atoms with E-state index in [0.29, 0.717) is 24.8 Å². The number of benzene rings is 1. The highest BCUT2D eigenvalue weighted by Gasteiger charge is 2.30. The Hall–Kier alpha value is -3.50. The van der Waals surface area contributed by atoms with Crippen LogP contribution in [-0.2, 0) is 4.74 Å². The Balaban J connectivity index is 1.67. The fourth-order valence-corrected chi connectivity index (χ4v) is 4.01. The molecule has 1 fully saturated rings. The summed E-state index contributed by atoms with van der Waals surface area (Å²) in [6, 6.07) is 5.50. The van der Waals surface area contributed by atoms with Gasteiger partial charge in [-0.3, -0.25) is 9.78 Å². The van der Waals surface area contributed by atoms with Crippen LogP contribution in [-0.4, -0.2) is 33.2 Å². The molecule has 1 aliphatic heterocycles. The average molecular weight is 472 g/mol. The first-order valence-corrected chi connectivity index (χ1v) is 10.8. The third-order valence-electron chi connectivity index (χ3n) is 5.70. The molecule has 3 heterocycles. The highest BCUT2D eigenvalue weighted by atomic mass is 19.1. The van der Waals surface area contributed by atoms with E-state index in [9.17, 15) is 23.1 Å². The molecule has 178 valence electrons. The number of pyridine rings is 2. The molecule has 0 radical (unpaired) electrons. The number of nitrogens with zero attached hydrogens (tertiary/aromatic N) is 2. The molecular formula is C24H23F3N4O3. The summed E-state index contributed by atoms with van der Waals surface area (Å²) in [6.45, 7) is 1.95. The van der Waals surface area contributed by atoms with Crippen LogP contribution < -0.4 is 11.1 Å².